The predicted molar refractivity (Wildman–Crippen MR) is 99.9 cm³/mol. The van der Waals surface area contributed by atoms with E-state index in [2.05, 4.69) is 36.4 Å². The predicted octanol–water partition coefficient (Wildman–Crippen LogP) is 4.35. The number of thioether (sulfide) groups is 1. The fraction of sp³-hybridized carbons (Fsp3) is 0.118. The summed E-state index contributed by atoms with van der Waals surface area (Å²) in [6.45, 7) is 1.83. The number of nitrogens with one attached hydrogen (secondary N) is 2. The fourth-order valence-electron chi connectivity index (χ4n) is 2.05. The lowest BCUT2D eigenvalue weighted by atomic mass is 10.2. The maximum atomic E-state index is 12.3. The number of H-pyrrole nitrogens is 1. The van der Waals surface area contributed by atoms with Crippen molar-refractivity contribution in [2.75, 3.05) is 5.32 Å². The van der Waals surface area contributed by atoms with Crippen molar-refractivity contribution in [3.63, 3.8) is 0 Å². The van der Waals surface area contributed by atoms with Gasteiger partial charge in [-0.25, -0.2) is 4.98 Å². The molecule has 1 amide bonds. The van der Waals surface area contributed by atoms with Crippen molar-refractivity contribution in [3.8, 4) is 11.4 Å². The van der Waals surface area contributed by atoms with Gasteiger partial charge in [-0.3, -0.25) is 9.89 Å². The maximum Gasteiger partial charge on any atom is 0.237 e. The Morgan fingerprint density at radius 1 is 1.21 bits per heavy atom. The molecule has 0 saturated heterocycles. The van der Waals surface area contributed by atoms with Crippen LogP contribution < -0.4 is 5.32 Å². The molecule has 0 spiro atoms. The van der Waals surface area contributed by atoms with E-state index in [4.69, 9.17) is 0 Å². The Hall–Kier alpha value is -2.12. The first kappa shape index (κ1) is 16.7. The van der Waals surface area contributed by atoms with E-state index in [0.29, 0.717) is 11.0 Å². The quantitative estimate of drug-likeness (QED) is 0.622. The average Bonchev–Trinajstić information content (AvgIpc) is 3.04. The average molecular weight is 403 g/mol. The molecule has 122 valence electrons. The number of benzene rings is 2. The van der Waals surface area contributed by atoms with Gasteiger partial charge in [0.1, 0.15) is 0 Å². The summed E-state index contributed by atoms with van der Waals surface area (Å²) < 4.78 is 0.919. The number of carbonyl (C=O) groups excluding carboxylic acids is 1. The molecule has 24 heavy (non-hydrogen) atoms. The minimum atomic E-state index is -0.316. The first-order valence-electron chi connectivity index (χ1n) is 7.33. The molecule has 2 N–H and O–H groups in total. The third-order valence-electron chi connectivity index (χ3n) is 3.26. The van der Waals surface area contributed by atoms with E-state index < -0.39 is 0 Å². The van der Waals surface area contributed by atoms with Gasteiger partial charge in [-0.1, -0.05) is 64.1 Å². The van der Waals surface area contributed by atoms with Gasteiger partial charge in [-0.2, -0.15) is 0 Å². The van der Waals surface area contributed by atoms with Crippen molar-refractivity contribution in [3.05, 3.63) is 59.1 Å². The zero-order valence-electron chi connectivity index (χ0n) is 12.9. The number of aromatic amines is 1. The normalized spacial score (nSPS) is 11.9. The summed E-state index contributed by atoms with van der Waals surface area (Å²) in [6, 6.07) is 17.2. The molecule has 1 heterocycles. The number of anilines is 1. The summed E-state index contributed by atoms with van der Waals surface area (Å²) in [5.74, 6) is 0.599. The number of hydrogen-bond acceptors (Lipinski definition) is 4. The topological polar surface area (TPSA) is 70.7 Å². The van der Waals surface area contributed by atoms with Crippen LogP contribution in [0.3, 0.4) is 0 Å². The molecule has 5 nitrogen and oxygen atoms in total. The third kappa shape index (κ3) is 4.24. The Bertz CT molecular complexity index is 837. The molecular formula is C17H15BrN4OS. The fourth-order valence-corrected chi connectivity index (χ4v) is 3.17. The van der Waals surface area contributed by atoms with Gasteiger partial charge in [0, 0.05) is 15.7 Å². The first-order chi connectivity index (χ1) is 11.6. The Morgan fingerprint density at radius 2 is 2.00 bits per heavy atom. The molecule has 0 unspecified atom stereocenters. The van der Waals surface area contributed by atoms with Crippen LogP contribution in [0.15, 0.2) is 64.2 Å². The highest BCUT2D eigenvalue weighted by atomic mass is 79.9. The number of amides is 1. The van der Waals surface area contributed by atoms with E-state index in [1.807, 2.05) is 61.5 Å². The van der Waals surface area contributed by atoms with Gasteiger partial charge in [-0.15, -0.1) is 5.10 Å². The smallest absolute Gasteiger partial charge is 0.237 e. The van der Waals surface area contributed by atoms with Gasteiger partial charge in [0.05, 0.1) is 5.25 Å². The van der Waals surface area contributed by atoms with Crippen LogP contribution in [0, 0.1) is 0 Å². The third-order valence-corrected chi connectivity index (χ3v) is 4.71. The standard InChI is InChI=1S/C17H15BrN4OS/c1-11(16(23)19-14-9-5-8-13(18)10-14)24-17-20-15(21-22-17)12-6-3-2-4-7-12/h2-11H,1H3,(H,19,23)(H,20,21,22)/t11-/m0/s1. The molecule has 1 aromatic heterocycles. The summed E-state index contributed by atoms with van der Waals surface area (Å²) in [5.41, 5.74) is 1.71. The Morgan fingerprint density at radius 3 is 2.75 bits per heavy atom. The summed E-state index contributed by atoms with van der Waals surface area (Å²) in [4.78, 5) is 16.7. The molecule has 7 heteroatoms. The van der Waals surface area contributed by atoms with Crippen LogP contribution >= 0.6 is 27.7 Å². The maximum absolute atomic E-state index is 12.3. The molecule has 3 aromatic rings. The molecule has 1 atom stereocenters. The molecule has 0 aliphatic carbocycles. The molecular weight excluding hydrogens is 388 g/mol. The molecule has 0 radical (unpaired) electrons. The number of carbonyl (C=O) groups is 1. The molecule has 0 saturated carbocycles. The highest BCUT2D eigenvalue weighted by molar-refractivity contribution is 9.10. The van der Waals surface area contributed by atoms with Crippen molar-refractivity contribution >= 4 is 39.3 Å². The van der Waals surface area contributed by atoms with Crippen molar-refractivity contribution in [1.82, 2.24) is 15.2 Å². The molecule has 0 fully saturated rings. The zero-order valence-corrected chi connectivity index (χ0v) is 15.3. The minimum absolute atomic E-state index is 0.0934. The lowest BCUT2D eigenvalue weighted by molar-refractivity contribution is -0.115. The number of aromatic nitrogens is 3. The Kier molecular flexibility index (Phi) is 5.32. The molecule has 0 aliphatic heterocycles. The van der Waals surface area contributed by atoms with E-state index in [1.54, 1.807) is 0 Å². The summed E-state index contributed by atoms with van der Waals surface area (Å²) in [5, 5.41) is 10.2. The van der Waals surface area contributed by atoms with Crippen molar-refractivity contribution in [1.29, 1.82) is 0 Å². The number of nitrogens with zero attached hydrogens (tertiary/aromatic N) is 2. The van der Waals surface area contributed by atoms with Gasteiger partial charge < -0.3 is 5.32 Å². The summed E-state index contributed by atoms with van der Waals surface area (Å²) in [6.07, 6.45) is 0. The highest BCUT2D eigenvalue weighted by Gasteiger charge is 2.17. The lowest BCUT2D eigenvalue weighted by Crippen LogP contribution is -2.22. The Labute approximate surface area is 152 Å². The van der Waals surface area contributed by atoms with E-state index in [1.165, 1.54) is 11.8 Å². The van der Waals surface area contributed by atoms with Gasteiger partial charge in [0.25, 0.3) is 0 Å². The van der Waals surface area contributed by atoms with E-state index in [0.717, 1.165) is 15.7 Å². The molecule has 2 aromatic carbocycles. The van der Waals surface area contributed by atoms with Gasteiger partial charge in [0.15, 0.2) is 5.82 Å². The van der Waals surface area contributed by atoms with Crippen LogP contribution in [0.25, 0.3) is 11.4 Å². The van der Waals surface area contributed by atoms with Gasteiger partial charge in [-0.05, 0) is 25.1 Å². The molecule has 0 aliphatic rings. The second-order valence-electron chi connectivity index (χ2n) is 5.09. The van der Waals surface area contributed by atoms with E-state index >= 15 is 0 Å². The number of hydrogen-bond donors (Lipinski definition) is 2. The van der Waals surface area contributed by atoms with Crippen LogP contribution in [0.1, 0.15) is 6.92 Å². The van der Waals surface area contributed by atoms with E-state index in [9.17, 15) is 4.79 Å². The summed E-state index contributed by atoms with van der Waals surface area (Å²) >= 11 is 4.70. The zero-order chi connectivity index (χ0) is 16.9. The summed E-state index contributed by atoms with van der Waals surface area (Å²) in [7, 11) is 0. The minimum Gasteiger partial charge on any atom is -0.325 e. The van der Waals surface area contributed by atoms with Crippen LogP contribution in [0.2, 0.25) is 0 Å². The van der Waals surface area contributed by atoms with Crippen molar-refractivity contribution in [2.24, 2.45) is 0 Å². The largest absolute Gasteiger partial charge is 0.325 e. The molecule has 0 bridgehead atoms. The van der Waals surface area contributed by atoms with E-state index in [-0.39, 0.29) is 11.2 Å². The van der Waals surface area contributed by atoms with Crippen molar-refractivity contribution in [2.45, 2.75) is 17.3 Å². The van der Waals surface area contributed by atoms with Crippen LogP contribution in [-0.4, -0.2) is 26.3 Å². The number of halogens is 1. The van der Waals surface area contributed by atoms with Gasteiger partial charge >= 0.3 is 0 Å². The van der Waals surface area contributed by atoms with Crippen LogP contribution in [0.5, 0.6) is 0 Å². The Balaban J connectivity index is 1.63. The second kappa shape index (κ2) is 7.63. The molecule has 3 rings (SSSR count). The second-order valence-corrected chi connectivity index (χ2v) is 7.32. The first-order valence-corrected chi connectivity index (χ1v) is 9.00. The SMILES string of the molecule is C[C@H](Sc1n[nH]c(-c2ccccc2)n1)C(=O)Nc1cccc(Br)c1. The van der Waals surface area contributed by atoms with Gasteiger partial charge in [0.2, 0.25) is 11.1 Å². The van der Waals surface area contributed by atoms with Crippen LogP contribution in [0.4, 0.5) is 5.69 Å². The monoisotopic (exact) mass is 402 g/mol. The van der Waals surface area contributed by atoms with Crippen LogP contribution in [-0.2, 0) is 4.79 Å². The van der Waals surface area contributed by atoms with Crippen molar-refractivity contribution < 1.29 is 4.79 Å². The highest BCUT2D eigenvalue weighted by Crippen LogP contribution is 2.24. The number of rotatable bonds is 5. The lowest BCUT2D eigenvalue weighted by Gasteiger charge is -2.10.